The zero-order chi connectivity index (χ0) is 12.3. The molecule has 0 saturated heterocycles. The number of carbonyl (C=O) groups is 1. The lowest BCUT2D eigenvalue weighted by molar-refractivity contribution is -0.142. The van der Waals surface area contributed by atoms with E-state index in [0.717, 1.165) is 11.8 Å². The van der Waals surface area contributed by atoms with Crippen molar-refractivity contribution in [3.05, 3.63) is 28.2 Å². The first-order valence-electron chi connectivity index (χ1n) is 4.42. The van der Waals surface area contributed by atoms with Crippen molar-refractivity contribution in [2.24, 2.45) is 0 Å². The number of hydrogen-bond acceptors (Lipinski definition) is 4. The Hall–Kier alpha value is -0.880. The number of halogens is 1. The van der Waals surface area contributed by atoms with Gasteiger partial charge in [0.1, 0.15) is 6.61 Å². The van der Waals surface area contributed by atoms with Crippen molar-refractivity contribution in [2.45, 2.75) is 18.4 Å². The van der Waals surface area contributed by atoms with Crippen molar-refractivity contribution in [3.8, 4) is 0 Å². The van der Waals surface area contributed by atoms with E-state index in [0.29, 0.717) is 4.47 Å². The SMILES string of the molecule is CC(=O)OCc1ccc(S(C)(=O)=O)c(Br)c1. The molecule has 0 atom stereocenters. The van der Waals surface area contributed by atoms with Gasteiger partial charge in [-0.15, -0.1) is 0 Å². The van der Waals surface area contributed by atoms with Crippen LogP contribution in [-0.2, 0) is 26.0 Å². The molecule has 6 heteroatoms. The molecule has 0 spiro atoms. The van der Waals surface area contributed by atoms with Crippen molar-refractivity contribution in [1.29, 1.82) is 0 Å². The predicted octanol–water partition coefficient (Wildman–Crippen LogP) is 1.92. The molecule has 0 aromatic heterocycles. The number of hydrogen-bond donors (Lipinski definition) is 0. The fraction of sp³-hybridized carbons (Fsp3) is 0.300. The normalized spacial score (nSPS) is 11.2. The average molecular weight is 307 g/mol. The Morgan fingerprint density at radius 1 is 1.44 bits per heavy atom. The second-order valence-corrected chi connectivity index (χ2v) is 6.16. The maximum Gasteiger partial charge on any atom is 0.302 e. The fourth-order valence-electron chi connectivity index (χ4n) is 1.12. The summed E-state index contributed by atoms with van der Waals surface area (Å²) in [7, 11) is -3.24. The van der Waals surface area contributed by atoms with Crippen molar-refractivity contribution >= 4 is 31.7 Å². The van der Waals surface area contributed by atoms with Crippen LogP contribution in [0.15, 0.2) is 27.6 Å². The molecule has 1 aromatic rings. The first-order chi connectivity index (χ1) is 7.30. The summed E-state index contributed by atoms with van der Waals surface area (Å²) in [5, 5.41) is 0. The molecule has 0 heterocycles. The van der Waals surface area contributed by atoms with Crippen LogP contribution in [0.2, 0.25) is 0 Å². The molecule has 0 saturated carbocycles. The Labute approximate surface area is 103 Å². The van der Waals surface area contributed by atoms with E-state index in [2.05, 4.69) is 15.9 Å². The van der Waals surface area contributed by atoms with Gasteiger partial charge in [-0.2, -0.15) is 0 Å². The van der Waals surface area contributed by atoms with Crippen LogP contribution in [0.1, 0.15) is 12.5 Å². The second-order valence-electron chi connectivity index (χ2n) is 3.32. The van der Waals surface area contributed by atoms with Crippen LogP contribution in [0, 0.1) is 0 Å². The van der Waals surface area contributed by atoms with E-state index >= 15 is 0 Å². The molecular weight excluding hydrogens is 296 g/mol. The molecule has 0 amide bonds. The summed E-state index contributed by atoms with van der Waals surface area (Å²) < 4.78 is 27.9. The van der Waals surface area contributed by atoms with Crippen molar-refractivity contribution < 1.29 is 17.9 Å². The quantitative estimate of drug-likeness (QED) is 0.800. The molecule has 16 heavy (non-hydrogen) atoms. The number of sulfone groups is 1. The largest absolute Gasteiger partial charge is 0.461 e. The van der Waals surface area contributed by atoms with Gasteiger partial charge in [0, 0.05) is 17.7 Å². The molecular formula is C10H11BrO4S. The lowest BCUT2D eigenvalue weighted by Crippen LogP contribution is -2.01. The summed E-state index contributed by atoms with van der Waals surface area (Å²) in [6.07, 6.45) is 1.14. The zero-order valence-corrected chi connectivity index (χ0v) is 11.3. The van der Waals surface area contributed by atoms with Crippen LogP contribution in [-0.4, -0.2) is 20.6 Å². The molecule has 0 fully saturated rings. The highest BCUT2D eigenvalue weighted by Crippen LogP contribution is 2.23. The first-order valence-corrected chi connectivity index (χ1v) is 7.11. The molecule has 4 nitrogen and oxygen atoms in total. The fourth-order valence-corrected chi connectivity index (χ4v) is 3.16. The van der Waals surface area contributed by atoms with Crippen molar-refractivity contribution in [2.75, 3.05) is 6.26 Å². The van der Waals surface area contributed by atoms with Gasteiger partial charge in [0.25, 0.3) is 0 Å². The van der Waals surface area contributed by atoms with Crippen LogP contribution >= 0.6 is 15.9 Å². The smallest absolute Gasteiger partial charge is 0.302 e. The molecule has 1 aromatic carbocycles. The lowest BCUT2D eigenvalue weighted by atomic mass is 10.2. The summed E-state index contributed by atoms with van der Waals surface area (Å²) >= 11 is 3.17. The minimum atomic E-state index is -3.24. The summed E-state index contributed by atoms with van der Waals surface area (Å²) in [5.41, 5.74) is 0.731. The highest BCUT2D eigenvalue weighted by Gasteiger charge is 2.12. The summed E-state index contributed by atoms with van der Waals surface area (Å²) in [6.45, 7) is 1.46. The Morgan fingerprint density at radius 2 is 2.06 bits per heavy atom. The molecule has 0 N–H and O–H groups in total. The standard InChI is InChI=1S/C10H11BrO4S/c1-7(12)15-6-8-3-4-10(9(11)5-8)16(2,13)14/h3-5H,6H2,1-2H3. The topological polar surface area (TPSA) is 60.4 Å². The third-order valence-corrected chi connectivity index (χ3v) is 3.91. The van der Waals surface area contributed by atoms with Crippen LogP contribution in [0.4, 0.5) is 0 Å². The molecule has 88 valence electrons. The molecule has 0 bridgehead atoms. The van der Waals surface area contributed by atoms with Gasteiger partial charge in [0.2, 0.25) is 0 Å². The van der Waals surface area contributed by atoms with Crippen molar-refractivity contribution in [1.82, 2.24) is 0 Å². The summed E-state index contributed by atoms with van der Waals surface area (Å²) in [5.74, 6) is -0.372. The molecule has 0 aliphatic rings. The highest BCUT2D eigenvalue weighted by atomic mass is 79.9. The van der Waals surface area contributed by atoms with Crippen molar-refractivity contribution in [3.63, 3.8) is 0 Å². The third-order valence-electron chi connectivity index (χ3n) is 1.84. The zero-order valence-electron chi connectivity index (χ0n) is 8.86. The summed E-state index contributed by atoms with van der Waals surface area (Å²) in [4.78, 5) is 10.8. The monoisotopic (exact) mass is 306 g/mol. The molecule has 0 aliphatic carbocycles. The van der Waals surface area contributed by atoms with Gasteiger partial charge in [0.15, 0.2) is 9.84 Å². The van der Waals surface area contributed by atoms with Crippen LogP contribution in [0.25, 0.3) is 0 Å². The van der Waals surface area contributed by atoms with Gasteiger partial charge < -0.3 is 4.74 Å². The van der Waals surface area contributed by atoms with E-state index in [4.69, 9.17) is 4.74 Å². The first kappa shape index (κ1) is 13.2. The Balaban J connectivity index is 2.96. The van der Waals surface area contributed by atoms with E-state index in [9.17, 15) is 13.2 Å². The van der Waals surface area contributed by atoms with Gasteiger partial charge in [-0.25, -0.2) is 8.42 Å². The number of rotatable bonds is 3. The minimum Gasteiger partial charge on any atom is -0.461 e. The van der Waals surface area contributed by atoms with E-state index in [1.54, 1.807) is 12.1 Å². The van der Waals surface area contributed by atoms with E-state index in [1.165, 1.54) is 13.0 Å². The van der Waals surface area contributed by atoms with Crippen LogP contribution < -0.4 is 0 Å². The maximum atomic E-state index is 11.3. The number of esters is 1. The Morgan fingerprint density at radius 3 is 2.50 bits per heavy atom. The molecule has 0 unspecified atom stereocenters. The number of benzene rings is 1. The summed E-state index contributed by atoms with van der Waals surface area (Å²) in [6, 6.07) is 4.72. The van der Waals surface area contributed by atoms with Gasteiger partial charge in [-0.1, -0.05) is 6.07 Å². The average Bonchev–Trinajstić information content (AvgIpc) is 2.12. The Kier molecular flexibility index (Phi) is 4.09. The second kappa shape index (κ2) is 4.97. The lowest BCUT2D eigenvalue weighted by Gasteiger charge is -2.06. The number of ether oxygens (including phenoxy) is 1. The van der Waals surface area contributed by atoms with Gasteiger partial charge in [-0.3, -0.25) is 4.79 Å². The molecule has 0 radical (unpaired) electrons. The van der Waals surface area contributed by atoms with Gasteiger partial charge in [0.05, 0.1) is 4.90 Å². The van der Waals surface area contributed by atoms with Crippen LogP contribution in [0.3, 0.4) is 0 Å². The van der Waals surface area contributed by atoms with Crippen LogP contribution in [0.5, 0.6) is 0 Å². The number of carbonyl (C=O) groups excluding carboxylic acids is 1. The third kappa shape index (κ3) is 3.61. The predicted molar refractivity (Wildman–Crippen MR) is 62.7 cm³/mol. The minimum absolute atomic E-state index is 0.137. The Bertz CT molecular complexity index is 508. The highest BCUT2D eigenvalue weighted by molar-refractivity contribution is 9.10. The van der Waals surface area contributed by atoms with E-state index < -0.39 is 9.84 Å². The van der Waals surface area contributed by atoms with E-state index in [-0.39, 0.29) is 17.5 Å². The molecule has 1 rings (SSSR count). The van der Waals surface area contributed by atoms with E-state index in [1.807, 2.05) is 0 Å². The molecule has 0 aliphatic heterocycles. The van der Waals surface area contributed by atoms with Gasteiger partial charge in [-0.05, 0) is 33.6 Å². The maximum absolute atomic E-state index is 11.3. The van der Waals surface area contributed by atoms with Gasteiger partial charge >= 0.3 is 5.97 Å².